The summed E-state index contributed by atoms with van der Waals surface area (Å²) < 4.78 is 7.96. The Kier molecular flexibility index (Phi) is 7.29. The highest BCUT2D eigenvalue weighted by atomic mass is 127. The van der Waals surface area contributed by atoms with Crippen molar-refractivity contribution in [2.45, 2.75) is 45.3 Å². The van der Waals surface area contributed by atoms with Crippen molar-refractivity contribution in [1.82, 2.24) is 5.32 Å². The average molecular weight is 440 g/mol. The van der Waals surface area contributed by atoms with Crippen LogP contribution in [0.25, 0.3) is 0 Å². The molecule has 4 heteroatoms. The van der Waals surface area contributed by atoms with Gasteiger partial charge in [0.15, 0.2) is 0 Å². The second-order valence-electron chi connectivity index (χ2n) is 5.28. The van der Waals surface area contributed by atoms with Gasteiger partial charge in [0.05, 0.1) is 5.60 Å². The average Bonchev–Trinajstić information content (AvgIpc) is 2.37. The molecular formula is C15H23BrINO. The van der Waals surface area contributed by atoms with E-state index in [0.29, 0.717) is 6.04 Å². The standard InChI is InChI=1S/C15H23BrINO/c1-5-18-14(8-9-15(2,3)19-4)12-10-11(16)6-7-13(12)17/h6-7,10,14,18H,5,8-9H2,1-4H3. The van der Waals surface area contributed by atoms with Crippen LogP contribution in [0.15, 0.2) is 22.7 Å². The third-order valence-electron chi connectivity index (χ3n) is 3.37. The molecule has 0 fully saturated rings. The first-order valence-corrected chi connectivity index (χ1v) is 8.50. The quantitative estimate of drug-likeness (QED) is 0.609. The zero-order valence-electron chi connectivity index (χ0n) is 12.1. The summed E-state index contributed by atoms with van der Waals surface area (Å²) in [6.45, 7) is 7.41. The predicted octanol–water partition coefficient (Wildman–Crippen LogP) is 4.91. The SMILES string of the molecule is CCNC(CCC(C)(C)OC)c1cc(Br)ccc1I. The Morgan fingerprint density at radius 2 is 2.11 bits per heavy atom. The van der Waals surface area contributed by atoms with Gasteiger partial charge in [-0.3, -0.25) is 0 Å². The molecule has 1 N–H and O–H groups in total. The Hall–Kier alpha value is 0.350. The molecule has 0 bridgehead atoms. The zero-order valence-corrected chi connectivity index (χ0v) is 15.8. The highest BCUT2D eigenvalue weighted by Gasteiger charge is 2.21. The first-order valence-electron chi connectivity index (χ1n) is 6.63. The van der Waals surface area contributed by atoms with Gasteiger partial charge in [-0.1, -0.05) is 22.9 Å². The van der Waals surface area contributed by atoms with Gasteiger partial charge in [0.2, 0.25) is 0 Å². The van der Waals surface area contributed by atoms with E-state index in [1.165, 1.54) is 9.13 Å². The Bertz CT molecular complexity index is 409. The van der Waals surface area contributed by atoms with E-state index in [1.54, 1.807) is 7.11 Å². The second-order valence-corrected chi connectivity index (χ2v) is 7.36. The van der Waals surface area contributed by atoms with Crippen molar-refractivity contribution in [2.75, 3.05) is 13.7 Å². The highest BCUT2D eigenvalue weighted by molar-refractivity contribution is 14.1. The topological polar surface area (TPSA) is 21.3 Å². The molecule has 0 aliphatic heterocycles. The van der Waals surface area contributed by atoms with Crippen molar-refractivity contribution >= 4 is 38.5 Å². The lowest BCUT2D eigenvalue weighted by Gasteiger charge is -2.27. The Labute approximate surface area is 139 Å². The fourth-order valence-electron chi connectivity index (χ4n) is 1.99. The van der Waals surface area contributed by atoms with Gasteiger partial charge >= 0.3 is 0 Å². The van der Waals surface area contributed by atoms with E-state index in [-0.39, 0.29) is 5.60 Å². The molecule has 2 nitrogen and oxygen atoms in total. The van der Waals surface area contributed by atoms with Gasteiger partial charge in [-0.15, -0.1) is 0 Å². The van der Waals surface area contributed by atoms with Crippen LogP contribution in [-0.4, -0.2) is 19.3 Å². The van der Waals surface area contributed by atoms with Gasteiger partial charge in [0.25, 0.3) is 0 Å². The lowest BCUT2D eigenvalue weighted by atomic mass is 9.95. The summed E-state index contributed by atoms with van der Waals surface area (Å²) in [5.74, 6) is 0. The molecule has 108 valence electrons. The van der Waals surface area contributed by atoms with Crippen molar-refractivity contribution in [3.05, 3.63) is 31.8 Å². The minimum atomic E-state index is -0.0644. The number of hydrogen-bond donors (Lipinski definition) is 1. The van der Waals surface area contributed by atoms with E-state index in [2.05, 4.69) is 82.8 Å². The smallest absolute Gasteiger partial charge is 0.0623 e. The number of methoxy groups -OCH3 is 1. The lowest BCUT2D eigenvalue weighted by molar-refractivity contribution is 0.0117. The summed E-state index contributed by atoms with van der Waals surface area (Å²) >= 11 is 5.97. The second kappa shape index (κ2) is 7.96. The van der Waals surface area contributed by atoms with Crippen LogP contribution in [-0.2, 0) is 4.74 Å². The molecule has 0 spiro atoms. The van der Waals surface area contributed by atoms with Crippen molar-refractivity contribution in [3.8, 4) is 0 Å². The normalized spacial score (nSPS) is 13.6. The number of benzene rings is 1. The fraction of sp³-hybridized carbons (Fsp3) is 0.600. The van der Waals surface area contributed by atoms with Gasteiger partial charge < -0.3 is 10.1 Å². The molecule has 0 saturated carbocycles. The lowest BCUT2D eigenvalue weighted by Crippen LogP contribution is -2.27. The first-order chi connectivity index (χ1) is 8.89. The monoisotopic (exact) mass is 439 g/mol. The molecule has 0 heterocycles. The predicted molar refractivity (Wildman–Crippen MR) is 93.6 cm³/mol. The molecule has 0 amide bonds. The van der Waals surface area contributed by atoms with Gasteiger partial charge in [0.1, 0.15) is 0 Å². The minimum Gasteiger partial charge on any atom is -0.379 e. The van der Waals surface area contributed by atoms with Crippen molar-refractivity contribution in [3.63, 3.8) is 0 Å². The molecule has 0 saturated heterocycles. The van der Waals surface area contributed by atoms with Crippen molar-refractivity contribution in [1.29, 1.82) is 0 Å². The maximum absolute atomic E-state index is 5.52. The third-order valence-corrected chi connectivity index (χ3v) is 4.85. The van der Waals surface area contributed by atoms with Gasteiger partial charge in [-0.05, 0) is 79.6 Å². The molecular weight excluding hydrogens is 417 g/mol. The summed E-state index contributed by atoms with van der Waals surface area (Å²) in [6, 6.07) is 6.84. The number of halogens is 2. The molecule has 1 unspecified atom stereocenters. The summed E-state index contributed by atoms with van der Waals surface area (Å²) in [4.78, 5) is 0. The number of ether oxygens (including phenoxy) is 1. The molecule has 1 aromatic carbocycles. The van der Waals surface area contributed by atoms with Gasteiger partial charge in [-0.25, -0.2) is 0 Å². The first kappa shape index (κ1) is 17.4. The maximum Gasteiger partial charge on any atom is 0.0623 e. The number of nitrogens with one attached hydrogen (secondary N) is 1. The summed E-state index contributed by atoms with van der Waals surface area (Å²) in [5.41, 5.74) is 1.30. The molecule has 1 rings (SSSR count). The Morgan fingerprint density at radius 3 is 2.68 bits per heavy atom. The van der Waals surface area contributed by atoms with Crippen molar-refractivity contribution in [2.24, 2.45) is 0 Å². The van der Waals surface area contributed by atoms with E-state index in [4.69, 9.17) is 4.74 Å². The van der Waals surface area contributed by atoms with Crippen LogP contribution in [0.2, 0.25) is 0 Å². The summed E-state index contributed by atoms with van der Waals surface area (Å²) in [5, 5.41) is 3.58. The van der Waals surface area contributed by atoms with E-state index < -0.39 is 0 Å². The Balaban J connectivity index is 2.85. The molecule has 1 atom stereocenters. The van der Waals surface area contributed by atoms with E-state index >= 15 is 0 Å². The highest BCUT2D eigenvalue weighted by Crippen LogP contribution is 2.29. The molecule has 19 heavy (non-hydrogen) atoms. The summed E-state index contributed by atoms with van der Waals surface area (Å²) in [6.07, 6.45) is 2.10. The van der Waals surface area contributed by atoms with Crippen LogP contribution >= 0.6 is 38.5 Å². The molecule has 0 radical (unpaired) electrons. The molecule has 0 aliphatic carbocycles. The maximum atomic E-state index is 5.52. The fourth-order valence-corrected chi connectivity index (χ4v) is 3.08. The van der Waals surface area contributed by atoms with Crippen LogP contribution in [0.1, 0.15) is 45.2 Å². The van der Waals surface area contributed by atoms with E-state index in [1.807, 2.05) is 0 Å². The van der Waals surface area contributed by atoms with E-state index in [0.717, 1.165) is 23.9 Å². The van der Waals surface area contributed by atoms with Crippen LogP contribution in [0.4, 0.5) is 0 Å². The molecule has 0 aromatic heterocycles. The third kappa shape index (κ3) is 5.69. The minimum absolute atomic E-state index is 0.0644. The van der Waals surface area contributed by atoms with Crippen LogP contribution in [0.3, 0.4) is 0 Å². The van der Waals surface area contributed by atoms with Crippen LogP contribution < -0.4 is 5.32 Å². The Morgan fingerprint density at radius 1 is 1.42 bits per heavy atom. The molecule has 0 aliphatic rings. The van der Waals surface area contributed by atoms with E-state index in [9.17, 15) is 0 Å². The largest absolute Gasteiger partial charge is 0.379 e. The van der Waals surface area contributed by atoms with Crippen LogP contribution in [0.5, 0.6) is 0 Å². The van der Waals surface area contributed by atoms with Crippen molar-refractivity contribution < 1.29 is 4.74 Å². The van der Waals surface area contributed by atoms with Crippen LogP contribution in [0, 0.1) is 3.57 Å². The molecule has 1 aromatic rings. The summed E-state index contributed by atoms with van der Waals surface area (Å²) in [7, 11) is 1.78. The van der Waals surface area contributed by atoms with Gasteiger partial charge in [-0.2, -0.15) is 0 Å². The van der Waals surface area contributed by atoms with Gasteiger partial charge in [0, 0.05) is 21.2 Å². The number of hydrogen-bond acceptors (Lipinski definition) is 2. The number of rotatable bonds is 7. The zero-order chi connectivity index (χ0) is 14.5.